The molecule has 1 heterocycles. The van der Waals surface area contributed by atoms with E-state index in [1.807, 2.05) is 13.8 Å². The molecule has 0 unspecified atom stereocenters. The summed E-state index contributed by atoms with van der Waals surface area (Å²) in [6.07, 6.45) is -3.67. The quantitative estimate of drug-likeness (QED) is 0.736. The lowest BCUT2D eigenvalue weighted by atomic mass is 10.1. The molecule has 0 N–H and O–H groups in total. The lowest BCUT2D eigenvalue weighted by molar-refractivity contribution is -0.139. The molecule has 0 saturated carbocycles. The highest BCUT2D eigenvalue weighted by atomic mass is 19.3. The van der Waals surface area contributed by atoms with Gasteiger partial charge < -0.3 is 0 Å². The third-order valence-electron chi connectivity index (χ3n) is 2.27. The fourth-order valence-electron chi connectivity index (χ4n) is 1.25. The second kappa shape index (κ2) is 4.43. The van der Waals surface area contributed by atoms with Crippen molar-refractivity contribution in [3.05, 3.63) is 17.5 Å². The molecule has 0 aliphatic heterocycles. The highest BCUT2D eigenvalue weighted by Crippen LogP contribution is 2.26. The third kappa shape index (κ3) is 2.74. The number of hydrogen-bond donors (Lipinski definition) is 0. The van der Waals surface area contributed by atoms with E-state index in [9.17, 15) is 17.6 Å². The van der Waals surface area contributed by atoms with Gasteiger partial charge in [-0.25, -0.2) is 8.78 Å². The van der Waals surface area contributed by atoms with Crippen LogP contribution in [0.1, 0.15) is 31.2 Å². The van der Waals surface area contributed by atoms with Gasteiger partial charge in [0.1, 0.15) is 6.54 Å². The van der Waals surface area contributed by atoms with E-state index in [0.717, 1.165) is 4.68 Å². The summed E-state index contributed by atoms with van der Waals surface area (Å²) in [5.74, 6) is -3.95. The predicted molar refractivity (Wildman–Crippen MR) is 52.0 cm³/mol. The van der Waals surface area contributed by atoms with E-state index in [1.165, 1.54) is 0 Å². The number of hydrogen-bond acceptors (Lipinski definition) is 1. The topological polar surface area (TPSA) is 17.8 Å². The van der Waals surface area contributed by atoms with Crippen molar-refractivity contribution in [1.82, 2.24) is 9.78 Å². The van der Waals surface area contributed by atoms with E-state index < -0.39 is 18.9 Å². The maximum absolute atomic E-state index is 12.8. The van der Waals surface area contributed by atoms with Crippen molar-refractivity contribution in [2.24, 2.45) is 0 Å². The zero-order valence-electron chi connectivity index (χ0n) is 9.35. The Bertz CT molecular complexity index is 358. The minimum atomic E-state index is -4.04. The first-order chi connectivity index (χ1) is 7.24. The van der Waals surface area contributed by atoms with Crippen molar-refractivity contribution in [2.45, 2.75) is 45.6 Å². The van der Waals surface area contributed by atoms with E-state index in [0.29, 0.717) is 11.4 Å². The van der Waals surface area contributed by atoms with Gasteiger partial charge in [-0.3, -0.25) is 4.68 Å². The molecule has 1 aromatic heterocycles. The highest BCUT2D eigenvalue weighted by Gasteiger charge is 2.41. The average molecular weight is 238 g/mol. The van der Waals surface area contributed by atoms with Gasteiger partial charge in [-0.1, -0.05) is 13.8 Å². The minimum absolute atomic E-state index is 0.0834. The van der Waals surface area contributed by atoms with Gasteiger partial charge >= 0.3 is 12.3 Å². The maximum atomic E-state index is 12.8. The summed E-state index contributed by atoms with van der Waals surface area (Å²) in [5.41, 5.74) is 1.09. The zero-order valence-corrected chi connectivity index (χ0v) is 9.35. The molecule has 0 spiro atoms. The normalized spacial score (nSPS) is 12.8. The fraction of sp³-hybridized carbons (Fsp3) is 0.700. The van der Waals surface area contributed by atoms with Crippen LogP contribution in [0.5, 0.6) is 0 Å². The van der Waals surface area contributed by atoms with Gasteiger partial charge in [-0.05, 0) is 18.9 Å². The summed E-state index contributed by atoms with van der Waals surface area (Å²) in [6.45, 7) is 4.21. The summed E-state index contributed by atoms with van der Waals surface area (Å²) >= 11 is 0. The van der Waals surface area contributed by atoms with Crippen LogP contribution in [0.2, 0.25) is 0 Å². The second-order valence-corrected chi connectivity index (χ2v) is 4.08. The molecular weight excluding hydrogens is 224 g/mol. The van der Waals surface area contributed by atoms with Gasteiger partial charge in [0.15, 0.2) is 0 Å². The molecule has 16 heavy (non-hydrogen) atoms. The van der Waals surface area contributed by atoms with Crippen molar-refractivity contribution in [2.75, 3.05) is 0 Å². The first kappa shape index (κ1) is 13.0. The third-order valence-corrected chi connectivity index (χ3v) is 2.27. The minimum Gasteiger partial charge on any atom is -0.263 e. The molecule has 92 valence electrons. The van der Waals surface area contributed by atoms with E-state index in [2.05, 4.69) is 5.10 Å². The number of alkyl halides is 4. The Hall–Kier alpha value is -1.07. The Labute approximate surface area is 91.3 Å². The standard InChI is InChI=1S/C10H14F4N2/c1-6(2)8-4-7(3)16(15-8)5-10(13,14)9(11)12/h4,6,9H,5H2,1-3H3. The molecule has 0 amide bonds. The van der Waals surface area contributed by atoms with Gasteiger partial charge in [0, 0.05) is 5.69 Å². The van der Waals surface area contributed by atoms with Crippen LogP contribution in [0.4, 0.5) is 17.6 Å². The molecule has 0 aliphatic carbocycles. The largest absolute Gasteiger partial charge is 0.326 e. The highest BCUT2D eigenvalue weighted by molar-refractivity contribution is 5.12. The number of aryl methyl sites for hydroxylation is 1. The van der Waals surface area contributed by atoms with Gasteiger partial charge in [-0.15, -0.1) is 0 Å². The number of nitrogens with zero attached hydrogens (tertiary/aromatic N) is 2. The fourth-order valence-corrected chi connectivity index (χ4v) is 1.25. The van der Waals surface area contributed by atoms with Crippen LogP contribution < -0.4 is 0 Å². The molecule has 2 nitrogen and oxygen atoms in total. The van der Waals surface area contributed by atoms with E-state index in [-0.39, 0.29) is 5.92 Å². The molecule has 1 rings (SSSR count). The van der Waals surface area contributed by atoms with Crippen LogP contribution >= 0.6 is 0 Å². The Morgan fingerprint density at radius 3 is 2.31 bits per heavy atom. The number of halogens is 4. The van der Waals surface area contributed by atoms with Crippen molar-refractivity contribution in [1.29, 1.82) is 0 Å². The van der Waals surface area contributed by atoms with E-state index in [4.69, 9.17) is 0 Å². The van der Waals surface area contributed by atoms with E-state index in [1.54, 1.807) is 13.0 Å². The molecule has 0 fully saturated rings. The van der Waals surface area contributed by atoms with Crippen molar-refractivity contribution >= 4 is 0 Å². The van der Waals surface area contributed by atoms with Crippen molar-refractivity contribution in [3.8, 4) is 0 Å². The van der Waals surface area contributed by atoms with Gasteiger partial charge in [0.05, 0.1) is 5.69 Å². The monoisotopic (exact) mass is 238 g/mol. The lowest BCUT2D eigenvalue weighted by Gasteiger charge is -2.15. The van der Waals surface area contributed by atoms with Crippen LogP contribution in [0.15, 0.2) is 6.07 Å². The molecule has 0 radical (unpaired) electrons. The first-order valence-electron chi connectivity index (χ1n) is 4.94. The van der Waals surface area contributed by atoms with Crippen LogP contribution in [-0.2, 0) is 6.54 Å². The molecule has 0 aliphatic rings. The Morgan fingerprint density at radius 1 is 1.38 bits per heavy atom. The van der Waals surface area contributed by atoms with Crippen LogP contribution in [0, 0.1) is 6.92 Å². The molecule has 0 aromatic carbocycles. The molecule has 0 atom stereocenters. The van der Waals surface area contributed by atoms with Crippen LogP contribution in [0.3, 0.4) is 0 Å². The summed E-state index contributed by atoms with van der Waals surface area (Å²) in [7, 11) is 0. The van der Waals surface area contributed by atoms with Crippen molar-refractivity contribution in [3.63, 3.8) is 0 Å². The average Bonchev–Trinajstić information content (AvgIpc) is 2.47. The van der Waals surface area contributed by atoms with E-state index >= 15 is 0 Å². The van der Waals surface area contributed by atoms with Gasteiger partial charge in [0.2, 0.25) is 0 Å². The molecule has 6 heteroatoms. The summed E-state index contributed by atoms with van der Waals surface area (Å²) < 4.78 is 50.6. The summed E-state index contributed by atoms with van der Waals surface area (Å²) in [5, 5.41) is 3.88. The van der Waals surface area contributed by atoms with Crippen LogP contribution in [0.25, 0.3) is 0 Å². The first-order valence-corrected chi connectivity index (χ1v) is 4.94. The van der Waals surface area contributed by atoms with Crippen LogP contribution in [-0.4, -0.2) is 22.1 Å². The summed E-state index contributed by atoms with van der Waals surface area (Å²) in [4.78, 5) is 0. The predicted octanol–water partition coefficient (Wildman–Crippen LogP) is 3.22. The Balaban J connectivity index is 2.89. The zero-order chi connectivity index (χ0) is 12.5. The molecular formula is C10H14F4N2. The molecule has 1 aromatic rings. The lowest BCUT2D eigenvalue weighted by Crippen LogP contribution is -2.33. The molecule has 0 saturated heterocycles. The Kier molecular flexibility index (Phi) is 3.60. The molecule has 0 bridgehead atoms. The van der Waals surface area contributed by atoms with Gasteiger partial charge in [0.25, 0.3) is 0 Å². The smallest absolute Gasteiger partial charge is 0.263 e. The van der Waals surface area contributed by atoms with Crippen molar-refractivity contribution < 1.29 is 17.6 Å². The van der Waals surface area contributed by atoms with Gasteiger partial charge in [-0.2, -0.15) is 13.9 Å². The summed E-state index contributed by atoms with van der Waals surface area (Å²) in [6, 6.07) is 1.63. The Morgan fingerprint density at radius 2 is 1.94 bits per heavy atom. The SMILES string of the molecule is Cc1cc(C(C)C)nn1CC(F)(F)C(F)F. The number of rotatable bonds is 4. The number of aromatic nitrogens is 2. The maximum Gasteiger partial charge on any atom is 0.326 e. The second-order valence-electron chi connectivity index (χ2n) is 4.08.